The van der Waals surface area contributed by atoms with Gasteiger partial charge in [0.2, 0.25) is 0 Å². The molecule has 0 rings (SSSR count). The van der Waals surface area contributed by atoms with Crippen molar-refractivity contribution < 1.29 is 45.5 Å². The van der Waals surface area contributed by atoms with Gasteiger partial charge in [0.25, 0.3) is 0 Å². The number of rotatable bonds is 0. The summed E-state index contributed by atoms with van der Waals surface area (Å²) in [4.78, 5) is 0. The quantitative estimate of drug-likeness (QED) is 0.303. The van der Waals surface area contributed by atoms with Gasteiger partial charge in [-0.1, -0.05) is 0 Å². The van der Waals surface area contributed by atoms with Gasteiger partial charge in [0.1, 0.15) is 0 Å². The van der Waals surface area contributed by atoms with Crippen molar-refractivity contribution in [3.63, 3.8) is 0 Å². The van der Waals surface area contributed by atoms with Crippen LogP contribution in [0.2, 0.25) is 0 Å². The molecule has 0 unspecified atom stereocenters. The predicted octanol–water partition coefficient (Wildman–Crippen LogP) is -1.23. The Bertz CT molecular complexity index is 6.00. The van der Waals surface area contributed by atoms with E-state index in [1.807, 2.05) is 0 Å². The van der Waals surface area contributed by atoms with E-state index >= 15 is 0 Å². The molecule has 4 heavy (non-hydrogen) atoms. The van der Waals surface area contributed by atoms with Gasteiger partial charge in [-0.3, -0.25) is 0 Å². The van der Waals surface area contributed by atoms with Gasteiger partial charge < -0.3 is 0 Å². The SMILES string of the molecule is [I][Hg][I].[Na+]. The van der Waals surface area contributed by atoms with Gasteiger partial charge in [0.15, 0.2) is 0 Å². The average Bonchev–Trinajstić information content (AvgIpc) is 0.918. The van der Waals surface area contributed by atoms with Gasteiger partial charge in [-0.15, -0.1) is 0 Å². The maximum Gasteiger partial charge on any atom is 1.00 e. The van der Waals surface area contributed by atoms with Crippen molar-refractivity contribution in [3.05, 3.63) is 0 Å². The zero-order valence-electron chi connectivity index (χ0n) is 2.46. The fourth-order valence-corrected chi connectivity index (χ4v) is 0. The molecule has 0 aliphatic rings. The molecule has 16 valence electrons. The van der Waals surface area contributed by atoms with E-state index in [0.717, 1.165) is 0 Å². The zero-order valence-corrected chi connectivity index (χ0v) is 14.3. The van der Waals surface area contributed by atoms with Crippen LogP contribution in [-0.2, 0) is 15.9 Å². The van der Waals surface area contributed by atoms with E-state index in [0.29, 0.717) is 0 Å². The van der Waals surface area contributed by atoms with Crippen molar-refractivity contribution in [1.82, 2.24) is 0 Å². The van der Waals surface area contributed by atoms with E-state index in [2.05, 4.69) is 35.3 Å². The smallest absolute Gasteiger partial charge is 1.00 e. The third-order valence-corrected chi connectivity index (χ3v) is 0. The third kappa shape index (κ3) is 9.04. The van der Waals surface area contributed by atoms with Crippen LogP contribution in [0.4, 0.5) is 0 Å². The number of hydrogen-bond acceptors (Lipinski definition) is 0. The minimum absolute atomic E-state index is 0. The van der Waals surface area contributed by atoms with E-state index in [-0.39, 0.29) is 45.5 Å². The minimum atomic E-state index is -0.143. The molecule has 0 nitrogen and oxygen atoms in total. The van der Waals surface area contributed by atoms with Gasteiger partial charge in [-0.2, -0.15) is 0 Å². The molecule has 0 aliphatic carbocycles. The molecule has 0 heterocycles. The molecule has 0 atom stereocenters. The second kappa shape index (κ2) is 9.64. The molecule has 0 aromatic carbocycles. The first-order valence-corrected chi connectivity index (χ1v) is 31.5. The Morgan fingerprint density at radius 3 is 1.25 bits per heavy atom. The van der Waals surface area contributed by atoms with Crippen molar-refractivity contribution >= 4 is 35.3 Å². The molecule has 0 aliphatic heterocycles. The average molecular weight is 477 g/mol. The molecule has 0 bridgehead atoms. The maximum atomic E-state index is 2.50. The van der Waals surface area contributed by atoms with Crippen LogP contribution in [0, 0.1) is 0 Å². The fraction of sp³-hybridized carbons (Fsp3) is 0. The monoisotopic (exact) mass is 479 g/mol. The fourth-order valence-electron chi connectivity index (χ4n) is 0. The summed E-state index contributed by atoms with van der Waals surface area (Å²) in [5.41, 5.74) is 0. The van der Waals surface area contributed by atoms with Crippen molar-refractivity contribution in [1.29, 1.82) is 0 Å². The Hall–Kier alpha value is 3.40. The molecule has 4 heteroatoms. The van der Waals surface area contributed by atoms with Crippen molar-refractivity contribution in [2.75, 3.05) is 0 Å². The first-order valence-electron chi connectivity index (χ1n) is 0.535. The Kier molecular flexibility index (Phi) is 25.0. The molecule has 0 aromatic rings. The molecule has 0 amide bonds. The minimum Gasteiger partial charge on any atom is 1.00 e. The van der Waals surface area contributed by atoms with Crippen LogP contribution in [-0.4, -0.2) is 0 Å². The third-order valence-electron chi connectivity index (χ3n) is 0. The normalized spacial score (nSPS) is 2.50. The Morgan fingerprint density at radius 1 is 1.25 bits per heavy atom. The number of hydrogen-bond donors (Lipinski definition) is 0. The molecule has 0 fully saturated rings. The summed E-state index contributed by atoms with van der Waals surface area (Å²) >= 11 is 4.85. The van der Waals surface area contributed by atoms with E-state index in [1.165, 1.54) is 0 Å². The Morgan fingerprint density at radius 2 is 1.25 bits per heavy atom. The zero-order chi connectivity index (χ0) is 2.71. The van der Waals surface area contributed by atoms with Crippen LogP contribution in [0.25, 0.3) is 0 Å². The predicted molar refractivity (Wildman–Crippen MR) is 28.0 cm³/mol. The van der Waals surface area contributed by atoms with E-state index in [9.17, 15) is 0 Å². The topological polar surface area (TPSA) is 0 Å². The molecular weight excluding hydrogens is 477 g/mol. The molecule has 0 N–H and O–H groups in total. The largest absolute Gasteiger partial charge is 1.00 e. The van der Waals surface area contributed by atoms with Gasteiger partial charge in [-0.05, 0) is 0 Å². The summed E-state index contributed by atoms with van der Waals surface area (Å²) in [6.45, 7) is 0. The first kappa shape index (κ1) is 10.4. The summed E-state index contributed by atoms with van der Waals surface area (Å²) in [6.07, 6.45) is 0. The summed E-state index contributed by atoms with van der Waals surface area (Å²) in [5, 5.41) is 0. The molecule has 0 spiro atoms. The summed E-state index contributed by atoms with van der Waals surface area (Å²) in [6, 6.07) is 0. The van der Waals surface area contributed by atoms with Crippen LogP contribution in [0.15, 0.2) is 0 Å². The second-order valence-corrected chi connectivity index (χ2v) is 39.9. The van der Waals surface area contributed by atoms with Crippen molar-refractivity contribution in [2.24, 2.45) is 0 Å². The van der Waals surface area contributed by atoms with Gasteiger partial charge in [0, 0.05) is 0 Å². The Labute approximate surface area is 78.3 Å². The van der Waals surface area contributed by atoms with Crippen LogP contribution in [0.5, 0.6) is 0 Å². The van der Waals surface area contributed by atoms with Crippen LogP contribution in [0.3, 0.4) is 0 Å². The van der Waals surface area contributed by atoms with E-state index in [1.54, 1.807) is 0 Å². The molecule has 0 saturated heterocycles. The van der Waals surface area contributed by atoms with Gasteiger partial charge >= 0.3 is 80.8 Å². The van der Waals surface area contributed by atoms with E-state index in [4.69, 9.17) is 0 Å². The number of halogens is 2. The summed E-state index contributed by atoms with van der Waals surface area (Å²) in [5.74, 6) is 0. The molecule has 0 aromatic heterocycles. The van der Waals surface area contributed by atoms with E-state index < -0.39 is 0 Å². The van der Waals surface area contributed by atoms with Gasteiger partial charge in [0.05, 0.1) is 0 Å². The molecular formula is HgI2Na+. The maximum absolute atomic E-state index is 2.50. The van der Waals surface area contributed by atoms with Crippen LogP contribution >= 0.6 is 35.3 Å². The molecule has 0 radical (unpaired) electrons. The van der Waals surface area contributed by atoms with Crippen molar-refractivity contribution in [2.45, 2.75) is 0 Å². The van der Waals surface area contributed by atoms with Crippen molar-refractivity contribution in [3.8, 4) is 0 Å². The molecule has 0 saturated carbocycles. The first-order chi connectivity index (χ1) is 1.41. The second-order valence-electron chi connectivity index (χ2n) is 0.101. The Balaban J connectivity index is 0. The summed E-state index contributed by atoms with van der Waals surface area (Å²) in [7, 11) is 0. The summed E-state index contributed by atoms with van der Waals surface area (Å²) < 4.78 is 0. The standard InChI is InChI=1S/Hg.2HI.Na/h;2*1H;/q+2;;;+1/p-2. The van der Waals surface area contributed by atoms with Crippen LogP contribution < -0.4 is 29.6 Å². The van der Waals surface area contributed by atoms with Gasteiger partial charge in [-0.25, -0.2) is 0 Å². The van der Waals surface area contributed by atoms with Crippen LogP contribution in [0.1, 0.15) is 0 Å².